The van der Waals surface area contributed by atoms with E-state index >= 15 is 0 Å². The summed E-state index contributed by atoms with van der Waals surface area (Å²) in [4.78, 5) is 14.8. The number of aryl methyl sites for hydroxylation is 1. The standard InChI is InChI=1S/C13H19N3O2/c1-8-6-7-9(16(17)18)10(14-8)15-11-12(2,3)13(11,4)5/h6-7,11H,1-5H3,(H,14,15). The Balaban J connectivity index is 2.31. The number of anilines is 1. The number of nitro groups is 1. The largest absolute Gasteiger partial charge is 0.360 e. The molecule has 98 valence electrons. The molecule has 0 radical (unpaired) electrons. The lowest BCUT2D eigenvalue weighted by Crippen LogP contribution is -2.13. The first-order chi connectivity index (χ1) is 8.18. The van der Waals surface area contributed by atoms with Crippen molar-refractivity contribution in [3.8, 4) is 0 Å². The Bertz CT molecular complexity index is 495. The van der Waals surface area contributed by atoms with E-state index in [0.717, 1.165) is 5.69 Å². The molecule has 1 N–H and O–H groups in total. The Morgan fingerprint density at radius 2 is 1.83 bits per heavy atom. The smallest absolute Gasteiger partial charge is 0.311 e. The molecule has 0 aromatic carbocycles. The van der Waals surface area contributed by atoms with Gasteiger partial charge in [0.05, 0.1) is 4.92 Å². The molecule has 0 saturated heterocycles. The summed E-state index contributed by atoms with van der Waals surface area (Å²) in [5, 5.41) is 14.2. The zero-order chi connectivity index (χ0) is 13.7. The van der Waals surface area contributed by atoms with Crippen molar-refractivity contribution < 1.29 is 4.92 Å². The van der Waals surface area contributed by atoms with E-state index in [1.807, 2.05) is 6.92 Å². The zero-order valence-electron chi connectivity index (χ0n) is 11.4. The van der Waals surface area contributed by atoms with Crippen molar-refractivity contribution >= 4 is 11.5 Å². The molecule has 5 nitrogen and oxygen atoms in total. The molecule has 0 atom stereocenters. The number of pyridine rings is 1. The first-order valence-corrected chi connectivity index (χ1v) is 6.06. The first kappa shape index (κ1) is 12.8. The van der Waals surface area contributed by atoms with E-state index in [-0.39, 0.29) is 22.6 Å². The van der Waals surface area contributed by atoms with Gasteiger partial charge in [-0.15, -0.1) is 0 Å². The van der Waals surface area contributed by atoms with Gasteiger partial charge in [0.2, 0.25) is 5.82 Å². The molecule has 0 amide bonds. The predicted molar refractivity (Wildman–Crippen MR) is 70.6 cm³/mol. The fourth-order valence-electron chi connectivity index (χ4n) is 2.50. The molecule has 1 aliphatic carbocycles. The van der Waals surface area contributed by atoms with Gasteiger partial charge in [-0.1, -0.05) is 27.7 Å². The summed E-state index contributed by atoms with van der Waals surface area (Å²) < 4.78 is 0. The van der Waals surface area contributed by atoms with Crippen LogP contribution in [0.5, 0.6) is 0 Å². The lowest BCUT2D eigenvalue weighted by molar-refractivity contribution is -0.384. The summed E-state index contributed by atoms with van der Waals surface area (Å²) >= 11 is 0. The SMILES string of the molecule is Cc1ccc([N+](=O)[O-])c(NC2C(C)(C)C2(C)C)n1. The van der Waals surface area contributed by atoms with Crippen LogP contribution in [0.25, 0.3) is 0 Å². The molecule has 1 heterocycles. The second-order valence-corrected chi connectivity index (χ2v) is 6.10. The number of hydrogen-bond acceptors (Lipinski definition) is 4. The summed E-state index contributed by atoms with van der Waals surface area (Å²) in [7, 11) is 0. The van der Waals surface area contributed by atoms with E-state index in [9.17, 15) is 10.1 Å². The van der Waals surface area contributed by atoms with Gasteiger partial charge in [-0.3, -0.25) is 10.1 Å². The molecule has 1 fully saturated rings. The van der Waals surface area contributed by atoms with Crippen LogP contribution in [0, 0.1) is 27.9 Å². The van der Waals surface area contributed by atoms with Crippen molar-refractivity contribution in [3.63, 3.8) is 0 Å². The Kier molecular flexibility index (Phi) is 2.61. The Hall–Kier alpha value is -1.65. The number of aromatic nitrogens is 1. The van der Waals surface area contributed by atoms with E-state index in [4.69, 9.17) is 0 Å². The molecule has 1 aromatic heterocycles. The lowest BCUT2D eigenvalue weighted by atomic mass is 10.0. The second-order valence-electron chi connectivity index (χ2n) is 6.10. The van der Waals surface area contributed by atoms with Crippen LogP contribution in [0.1, 0.15) is 33.4 Å². The molecule has 0 unspecified atom stereocenters. The molecule has 0 spiro atoms. The van der Waals surface area contributed by atoms with Gasteiger partial charge in [0.1, 0.15) is 0 Å². The number of hydrogen-bond donors (Lipinski definition) is 1. The average Bonchev–Trinajstić information content (AvgIpc) is 2.60. The van der Waals surface area contributed by atoms with Crippen molar-refractivity contribution in [1.29, 1.82) is 0 Å². The van der Waals surface area contributed by atoms with E-state index in [0.29, 0.717) is 5.82 Å². The third-order valence-electron chi connectivity index (χ3n) is 4.51. The summed E-state index contributed by atoms with van der Waals surface area (Å²) in [6, 6.07) is 3.37. The van der Waals surface area contributed by atoms with Crippen molar-refractivity contribution in [1.82, 2.24) is 4.98 Å². The third-order valence-corrected chi connectivity index (χ3v) is 4.51. The molecule has 18 heavy (non-hydrogen) atoms. The minimum absolute atomic E-state index is 0.0408. The van der Waals surface area contributed by atoms with Crippen LogP contribution in [0.15, 0.2) is 12.1 Å². The third kappa shape index (κ3) is 1.74. The quantitative estimate of drug-likeness (QED) is 0.660. The molecular weight excluding hydrogens is 230 g/mol. The minimum Gasteiger partial charge on any atom is -0.360 e. The average molecular weight is 249 g/mol. The van der Waals surface area contributed by atoms with Gasteiger partial charge >= 0.3 is 5.69 Å². The normalized spacial score (nSPS) is 20.5. The minimum atomic E-state index is -0.392. The number of nitrogens with one attached hydrogen (secondary N) is 1. The van der Waals surface area contributed by atoms with Gasteiger partial charge in [-0.05, 0) is 23.8 Å². The number of nitrogens with zero attached hydrogens (tertiary/aromatic N) is 2. The molecule has 2 rings (SSSR count). The van der Waals surface area contributed by atoms with Crippen LogP contribution in [-0.4, -0.2) is 15.9 Å². The van der Waals surface area contributed by atoms with E-state index in [1.54, 1.807) is 6.07 Å². The zero-order valence-corrected chi connectivity index (χ0v) is 11.4. The topological polar surface area (TPSA) is 68.1 Å². The van der Waals surface area contributed by atoms with Crippen LogP contribution in [0.2, 0.25) is 0 Å². The Morgan fingerprint density at radius 1 is 1.28 bits per heavy atom. The maximum Gasteiger partial charge on any atom is 0.311 e. The van der Waals surface area contributed by atoms with Crippen molar-refractivity contribution in [3.05, 3.63) is 27.9 Å². The highest BCUT2D eigenvalue weighted by Gasteiger charge is 2.65. The highest BCUT2D eigenvalue weighted by Crippen LogP contribution is 2.63. The van der Waals surface area contributed by atoms with E-state index in [1.165, 1.54) is 6.07 Å². The molecule has 5 heteroatoms. The van der Waals surface area contributed by atoms with Gasteiger partial charge in [0.25, 0.3) is 0 Å². The lowest BCUT2D eigenvalue weighted by Gasteiger charge is -2.08. The van der Waals surface area contributed by atoms with Crippen LogP contribution in [-0.2, 0) is 0 Å². The van der Waals surface area contributed by atoms with Gasteiger partial charge in [0, 0.05) is 17.8 Å². The highest BCUT2D eigenvalue weighted by molar-refractivity contribution is 5.58. The second kappa shape index (κ2) is 3.67. The van der Waals surface area contributed by atoms with Gasteiger partial charge in [0.15, 0.2) is 0 Å². The summed E-state index contributed by atoms with van der Waals surface area (Å²) in [5.74, 6) is 0.378. The molecule has 0 bridgehead atoms. The highest BCUT2D eigenvalue weighted by atomic mass is 16.6. The molecule has 1 aromatic rings. The van der Waals surface area contributed by atoms with Gasteiger partial charge in [-0.25, -0.2) is 4.98 Å². The van der Waals surface area contributed by atoms with E-state index in [2.05, 4.69) is 38.0 Å². The van der Waals surface area contributed by atoms with Gasteiger partial charge in [-0.2, -0.15) is 0 Å². The Labute approximate surface area is 107 Å². The molecule has 0 aliphatic heterocycles. The molecular formula is C13H19N3O2. The van der Waals surface area contributed by atoms with Crippen LogP contribution in [0.3, 0.4) is 0 Å². The molecule has 1 aliphatic rings. The van der Waals surface area contributed by atoms with Crippen LogP contribution in [0.4, 0.5) is 11.5 Å². The fraction of sp³-hybridized carbons (Fsp3) is 0.615. The van der Waals surface area contributed by atoms with Crippen molar-refractivity contribution in [2.45, 2.75) is 40.7 Å². The monoisotopic (exact) mass is 249 g/mol. The van der Waals surface area contributed by atoms with Gasteiger partial charge < -0.3 is 5.32 Å². The molecule has 1 saturated carbocycles. The van der Waals surface area contributed by atoms with Crippen molar-refractivity contribution in [2.75, 3.05) is 5.32 Å². The van der Waals surface area contributed by atoms with E-state index < -0.39 is 4.92 Å². The van der Waals surface area contributed by atoms with Crippen LogP contribution >= 0.6 is 0 Å². The Morgan fingerprint density at radius 3 is 2.28 bits per heavy atom. The van der Waals surface area contributed by atoms with Crippen molar-refractivity contribution in [2.24, 2.45) is 10.8 Å². The summed E-state index contributed by atoms with van der Waals surface area (Å²) in [5.41, 5.74) is 1.05. The maximum absolute atomic E-state index is 11.0. The van der Waals surface area contributed by atoms with Crippen LogP contribution < -0.4 is 5.32 Å². The first-order valence-electron chi connectivity index (χ1n) is 6.06. The maximum atomic E-state index is 11.0. The summed E-state index contributed by atoms with van der Waals surface area (Å²) in [6.07, 6.45) is 0. The summed E-state index contributed by atoms with van der Waals surface area (Å²) in [6.45, 7) is 10.5. The predicted octanol–water partition coefficient (Wildman–Crippen LogP) is 3.14. The fourth-order valence-corrected chi connectivity index (χ4v) is 2.50. The number of rotatable bonds is 3.